The molecule has 0 spiro atoms. The molecule has 32 heavy (non-hydrogen) atoms. The Morgan fingerprint density at radius 3 is 2.72 bits per heavy atom. The van der Waals surface area contributed by atoms with E-state index in [4.69, 9.17) is 4.74 Å². The summed E-state index contributed by atoms with van der Waals surface area (Å²) < 4.78 is 5.91. The third kappa shape index (κ3) is 4.66. The number of fused-ring (bicyclic) bond motifs is 2. The number of benzene rings is 1. The molecule has 7 heteroatoms. The van der Waals surface area contributed by atoms with Crippen LogP contribution in [-0.2, 0) is 22.4 Å². The van der Waals surface area contributed by atoms with Crippen LogP contribution in [0, 0.1) is 13.8 Å². The smallest absolute Gasteiger partial charge is 0.260 e. The summed E-state index contributed by atoms with van der Waals surface area (Å²) in [6, 6.07) is 8.03. The first kappa shape index (κ1) is 22.4. The fraction of sp³-hybridized carbons (Fsp3) is 0.560. The number of nitrogens with one attached hydrogen (secondary N) is 1. The van der Waals surface area contributed by atoms with Crippen LogP contribution in [0.25, 0.3) is 0 Å². The zero-order chi connectivity index (χ0) is 22.7. The highest BCUT2D eigenvalue weighted by Crippen LogP contribution is 2.29. The summed E-state index contributed by atoms with van der Waals surface area (Å²) >= 11 is 0. The van der Waals surface area contributed by atoms with Crippen molar-refractivity contribution in [3.8, 4) is 5.75 Å². The molecule has 0 radical (unpaired) electrons. The number of H-pyrrole nitrogens is 1. The van der Waals surface area contributed by atoms with Crippen LogP contribution in [0.3, 0.4) is 0 Å². The number of carbonyl (C=O) groups excluding carboxylic acids is 2. The van der Waals surface area contributed by atoms with Gasteiger partial charge in [0.2, 0.25) is 5.91 Å². The number of hydrogen-bond acceptors (Lipinski definition) is 4. The predicted molar refractivity (Wildman–Crippen MR) is 123 cm³/mol. The fourth-order valence-corrected chi connectivity index (χ4v) is 5.18. The largest absolute Gasteiger partial charge is 0.483 e. The average molecular weight is 439 g/mol. The van der Waals surface area contributed by atoms with E-state index in [1.54, 1.807) is 0 Å². The molecule has 2 atom stereocenters. The number of likely N-dealkylation sites (tertiary alicyclic amines) is 1. The third-order valence-corrected chi connectivity index (χ3v) is 7.08. The molecule has 1 fully saturated rings. The van der Waals surface area contributed by atoms with Crippen molar-refractivity contribution in [1.29, 1.82) is 0 Å². The van der Waals surface area contributed by atoms with Crippen LogP contribution in [0.2, 0.25) is 0 Å². The van der Waals surface area contributed by atoms with Crippen LogP contribution in [0.5, 0.6) is 5.75 Å². The second kappa shape index (κ2) is 9.76. The van der Waals surface area contributed by atoms with Crippen molar-refractivity contribution >= 4 is 11.8 Å². The lowest BCUT2D eigenvalue weighted by atomic mass is 9.89. The van der Waals surface area contributed by atoms with Crippen LogP contribution in [0.4, 0.5) is 0 Å². The van der Waals surface area contributed by atoms with Crippen LogP contribution in [-0.4, -0.2) is 64.1 Å². The van der Waals surface area contributed by atoms with Gasteiger partial charge in [0.25, 0.3) is 5.91 Å². The van der Waals surface area contributed by atoms with Crippen LogP contribution >= 0.6 is 0 Å². The molecule has 2 aromatic rings. The first-order valence-electron chi connectivity index (χ1n) is 11.7. The number of rotatable bonds is 2. The van der Waals surface area contributed by atoms with Gasteiger partial charge >= 0.3 is 0 Å². The quantitative estimate of drug-likeness (QED) is 0.781. The number of likely N-dealkylation sites (N-methyl/N-ethyl adjacent to an activating group) is 1. The van der Waals surface area contributed by atoms with Crippen LogP contribution in [0.1, 0.15) is 54.6 Å². The molecular weight excluding hydrogens is 404 g/mol. The zero-order valence-electron chi connectivity index (χ0n) is 19.4. The van der Waals surface area contributed by atoms with Gasteiger partial charge in [-0.05, 0) is 57.6 Å². The van der Waals surface area contributed by atoms with Crippen molar-refractivity contribution in [1.82, 2.24) is 20.0 Å². The Morgan fingerprint density at radius 1 is 1.16 bits per heavy atom. The molecular formula is C25H34N4O3. The van der Waals surface area contributed by atoms with E-state index in [2.05, 4.69) is 16.3 Å². The van der Waals surface area contributed by atoms with E-state index < -0.39 is 0 Å². The van der Waals surface area contributed by atoms with Gasteiger partial charge in [0.15, 0.2) is 6.61 Å². The van der Waals surface area contributed by atoms with E-state index in [0.717, 1.165) is 73.3 Å². The number of hydrogen-bond donors (Lipinski definition) is 1. The van der Waals surface area contributed by atoms with Crippen molar-refractivity contribution in [2.24, 2.45) is 0 Å². The van der Waals surface area contributed by atoms with E-state index in [1.165, 1.54) is 0 Å². The summed E-state index contributed by atoms with van der Waals surface area (Å²) in [4.78, 5) is 30.3. The van der Waals surface area contributed by atoms with Gasteiger partial charge in [-0.15, -0.1) is 0 Å². The predicted octanol–water partition coefficient (Wildman–Crippen LogP) is 3.19. The van der Waals surface area contributed by atoms with E-state index in [0.29, 0.717) is 6.42 Å². The van der Waals surface area contributed by atoms with Gasteiger partial charge in [0, 0.05) is 24.8 Å². The molecule has 7 nitrogen and oxygen atoms in total. The molecule has 0 bridgehead atoms. The molecule has 1 aromatic carbocycles. The second-order valence-corrected chi connectivity index (χ2v) is 9.10. The Bertz CT molecular complexity index is 950. The number of ether oxygens (including phenoxy) is 1. The molecule has 1 saturated heterocycles. The molecule has 0 saturated carbocycles. The normalized spacial score (nSPS) is 22.3. The number of piperidine rings is 1. The molecule has 0 unspecified atom stereocenters. The van der Waals surface area contributed by atoms with Gasteiger partial charge in [-0.25, -0.2) is 0 Å². The van der Waals surface area contributed by atoms with E-state index in [1.807, 2.05) is 48.9 Å². The second-order valence-electron chi connectivity index (χ2n) is 9.10. The Morgan fingerprint density at radius 2 is 1.94 bits per heavy atom. The Kier molecular flexibility index (Phi) is 6.82. The topological polar surface area (TPSA) is 78.5 Å². The number of aromatic amines is 1. The van der Waals surface area contributed by atoms with E-state index in [9.17, 15) is 9.59 Å². The summed E-state index contributed by atoms with van der Waals surface area (Å²) in [5.74, 6) is 0.894. The standard InChI is InChI=1S/C25H34N4O3/c1-17-20(18(2)27-26-17)15-24(30)29-14-8-12-21-22(29)11-6-4-9-19-10-5-7-13-23(19)32-16-25(31)28(21)3/h5,7,10,13,21-22H,4,6,8-9,11-12,14-16H2,1-3H3,(H,26,27)/t21-,22-/m1/s1. The molecule has 0 aliphatic carbocycles. The van der Waals surface area contributed by atoms with Crippen molar-refractivity contribution in [3.05, 3.63) is 46.8 Å². The van der Waals surface area contributed by atoms with E-state index in [-0.39, 0.29) is 30.5 Å². The molecule has 2 amide bonds. The minimum Gasteiger partial charge on any atom is -0.483 e. The highest BCUT2D eigenvalue weighted by atomic mass is 16.5. The highest BCUT2D eigenvalue weighted by Gasteiger charge is 2.38. The number of para-hydroxylation sites is 1. The number of nitrogens with zero attached hydrogens (tertiary/aromatic N) is 3. The number of amides is 2. The van der Waals surface area contributed by atoms with Gasteiger partial charge in [-0.3, -0.25) is 14.7 Å². The SMILES string of the molecule is Cc1n[nH]c(C)c1CC(=O)N1CCC[C@@H]2[C@H]1CCCCc1ccccc1OCC(=O)N2C. The number of carbonyl (C=O) groups is 2. The highest BCUT2D eigenvalue weighted by molar-refractivity contribution is 5.81. The minimum atomic E-state index is -0.0359. The minimum absolute atomic E-state index is 0.0185. The lowest BCUT2D eigenvalue weighted by Crippen LogP contribution is -2.58. The van der Waals surface area contributed by atoms with Gasteiger partial charge in [-0.1, -0.05) is 24.6 Å². The molecule has 1 aromatic heterocycles. The molecule has 2 aliphatic heterocycles. The van der Waals surface area contributed by atoms with Gasteiger partial charge in [-0.2, -0.15) is 5.10 Å². The van der Waals surface area contributed by atoms with Crippen molar-refractivity contribution < 1.29 is 14.3 Å². The van der Waals surface area contributed by atoms with Crippen molar-refractivity contribution in [3.63, 3.8) is 0 Å². The van der Waals surface area contributed by atoms with Gasteiger partial charge < -0.3 is 14.5 Å². The molecule has 1 N–H and O–H groups in total. The summed E-state index contributed by atoms with van der Waals surface area (Å²) in [6.07, 6.45) is 6.02. The molecule has 3 heterocycles. The van der Waals surface area contributed by atoms with E-state index >= 15 is 0 Å². The summed E-state index contributed by atoms with van der Waals surface area (Å²) in [5.41, 5.74) is 3.96. The Balaban J connectivity index is 1.55. The van der Waals surface area contributed by atoms with Gasteiger partial charge in [0.1, 0.15) is 5.75 Å². The number of aryl methyl sites for hydroxylation is 3. The fourth-order valence-electron chi connectivity index (χ4n) is 5.18. The maximum atomic E-state index is 13.4. The first-order chi connectivity index (χ1) is 15.5. The monoisotopic (exact) mass is 438 g/mol. The lowest BCUT2D eigenvalue weighted by Gasteiger charge is -2.45. The summed E-state index contributed by atoms with van der Waals surface area (Å²) in [5, 5.41) is 7.22. The Hall–Kier alpha value is -2.83. The van der Waals surface area contributed by atoms with Crippen molar-refractivity contribution in [2.75, 3.05) is 20.2 Å². The molecule has 2 aliphatic rings. The molecule has 4 rings (SSSR count). The van der Waals surface area contributed by atoms with Crippen LogP contribution < -0.4 is 4.74 Å². The van der Waals surface area contributed by atoms with Gasteiger partial charge in [0.05, 0.1) is 24.2 Å². The van der Waals surface area contributed by atoms with Crippen LogP contribution in [0.15, 0.2) is 24.3 Å². The average Bonchev–Trinajstić information content (AvgIpc) is 3.11. The maximum Gasteiger partial charge on any atom is 0.260 e. The summed E-state index contributed by atoms with van der Waals surface area (Å²) in [6.45, 7) is 4.67. The third-order valence-electron chi connectivity index (χ3n) is 7.08. The summed E-state index contributed by atoms with van der Waals surface area (Å²) in [7, 11) is 1.86. The number of aromatic nitrogens is 2. The first-order valence-corrected chi connectivity index (χ1v) is 11.7. The zero-order valence-corrected chi connectivity index (χ0v) is 19.4. The van der Waals surface area contributed by atoms with Crippen molar-refractivity contribution in [2.45, 2.75) is 70.9 Å². The molecule has 172 valence electrons. The Labute approximate surface area is 190 Å². The maximum absolute atomic E-state index is 13.4. The lowest BCUT2D eigenvalue weighted by molar-refractivity contribution is -0.143.